The van der Waals surface area contributed by atoms with Gasteiger partial charge in [-0.1, -0.05) is 80.8 Å². The van der Waals surface area contributed by atoms with Crippen LogP contribution in [0.3, 0.4) is 0 Å². The molecule has 2 N–H and O–H groups in total. The van der Waals surface area contributed by atoms with Crippen LogP contribution in [0.25, 0.3) is 22.3 Å². The van der Waals surface area contributed by atoms with Crippen molar-refractivity contribution in [3.8, 4) is 22.3 Å². The van der Waals surface area contributed by atoms with E-state index in [-0.39, 0.29) is 5.91 Å². The van der Waals surface area contributed by atoms with Crippen LogP contribution < -0.4 is 5.73 Å². The number of hydrogen-bond acceptors (Lipinski definition) is 1. The minimum atomic E-state index is -0.327. The molecule has 0 saturated heterocycles. The molecule has 156 valence electrons. The summed E-state index contributed by atoms with van der Waals surface area (Å²) in [6, 6.07) is 18.9. The van der Waals surface area contributed by atoms with Crippen LogP contribution in [-0.2, 0) is 13.0 Å². The summed E-state index contributed by atoms with van der Waals surface area (Å²) in [6.45, 7) is 5.24. The first-order chi connectivity index (χ1) is 14.6. The van der Waals surface area contributed by atoms with Crippen LogP contribution in [0.2, 0.25) is 0 Å². The van der Waals surface area contributed by atoms with Crippen LogP contribution in [0, 0.1) is 12.8 Å². The number of aromatic nitrogens is 1. The minimum absolute atomic E-state index is 0.327. The van der Waals surface area contributed by atoms with Crippen molar-refractivity contribution in [2.24, 2.45) is 11.7 Å². The lowest BCUT2D eigenvalue weighted by atomic mass is 9.89. The first kappa shape index (κ1) is 20.5. The quantitative estimate of drug-likeness (QED) is 0.513. The van der Waals surface area contributed by atoms with Crippen molar-refractivity contribution in [1.82, 2.24) is 4.57 Å². The summed E-state index contributed by atoms with van der Waals surface area (Å²) < 4.78 is 2.39. The molecule has 1 aliphatic rings. The summed E-state index contributed by atoms with van der Waals surface area (Å²) in [6.07, 6.45) is 7.46. The molecule has 3 heteroatoms. The van der Waals surface area contributed by atoms with Crippen molar-refractivity contribution in [2.75, 3.05) is 0 Å². The van der Waals surface area contributed by atoms with Crippen LogP contribution in [-0.4, -0.2) is 10.5 Å². The number of carbonyl (C=O) groups is 1. The number of hydrogen-bond donors (Lipinski definition) is 1. The molecule has 0 spiro atoms. The van der Waals surface area contributed by atoms with Crippen molar-refractivity contribution < 1.29 is 4.79 Å². The molecule has 2 aromatic carbocycles. The molecule has 4 rings (SSSR count). The standard InChI is InChI=1S/C27H32N2O/c1-3-24-26(23-16-14-22(15-17-23)21-12-8-5-9-13-21)25(27(28)30)19(2)29(24)18-20-10-6-4-7-11-20/h5,8-9,12-17,20H,3-4,6-7,10-11,18H2,1-2H3,(H2,28,30). The second-order valence-electron chi connectivity index (χ2n) is 8.56. The SMILES string of the molecule is CCc1c(-c2ccc(-c3ccccc3)cc2)c(C(N)=O)c(C)n1CC1CCCCC1. The number of benzene rings is 2. The van der Waals surface area contributed by atoms with Crippen molar-refractivity contribution in [3.63, 3.8) is 0 Å². The summed E-state index contributed by atoms with van der Waals surface area (Å²) >= 11 is 0. The Morgan fingerprint density at radius 2 is 1.53 bits per heavy atom. The van der Waals surface area contributed by atoms with E-state index >= 15 is 0 Å². The molecule has 3 aromatic rings. The van der Waals surface area contributed by atoms with Gasteiger partial charge in [-0.05, 0) is 48.8 Å². The second kappa shape index (κ2) is 8.91. The van der Waals surface area contributed by atoms with Gasteiger partial charge in [-0.2, -0.15) is 0 Å². The van der Waals surface area contributed by atoms with Gasteiger partial charge < -0.3 is 10.3 Å². The Kier molecular flexibility index (Phi) is 6.08. The van der Waals surface area contributed by atoms with Gasteiger partial charge >= 0.3 is 0 Å². The zero-order valence-electron chi connectivity index (χ0n) is 18.2. The third kappa shape index (κ3) is 3.94. The van der Waals surface area contributed by atoms with Crippen LogP contribution in [0.4, 0.5) is 0 Å². The van der Waals surface area contributed by atoms with Crippen molar-refractivity contribution in [2.45, 2.75) is 58.9 Å². The zero-order chi connectivity index (χ0) is 21.1. The highest BCUT2D eigenvalue weighted by Gasteiger charge is 2.25. The number of carbonyl (C=O) groups excluding carboxylic acids is 1. The second-order valence-corrected chi connectivity index (χ2v) is 8.56. The summed E-state index contributed by atoms with van der Waals surface area (Å²) in [5, 5.41) is 0. The first-order valence-corrected chi connectivity index (χ1v) is 11.3. The molecule has 1 amide bonds. The molecule has 0 bridgehead atoms. The fourth-order valence-electron chi connectivity index (χ4n) is 5.11. The predicted octanol–water partition coefficient (Wildman–Crippen LogP) is 6.37. The fourth-order valence-corrected chi connectivity index (χ4v) is 5.11. The highest BCUT2D eigenvalue weighted by molar-refractivity contribution is 6.02. The van der Waals surface area contributed by atoms with Gasteiger partial charge in [0, 0.05) is 23.5 Å². The maximum atomic E-state index is 12.5. The van der Waals surface area contributed by atoms with E-state index in [0.29, 0.717) is 11.5 Å². The average Bonchev–Trinajstić information content (AvgIpc) is 3.06. The van der Waals surface area contributed by atoms with Crippen LogP contribution in [0.15, 0.2) is 54.6 Å². The van der Waals surface area contributed by atoms with E-state index in [9.17, 15) is 4.79 Å². The molecule has 0 aliphatic heterocycles. The maximum Gasteiger partial charge on any atom is 0.251 e. The average molecular weight is 401 g/mol. The highest BCUT2D eigenvalue weighted by Crippen LogP contribution is 2.36. The van der Waals surface area contributed by atoms with Crippen molar-refractivity contribution in [1.29, 1.82) is 0 Å². The van der Waals surface area contributed by atoms with Gasteiger partial charge in [0.1, 0.15) is 0 Å². The molecule has 0 atom stereocenters. The fraction of sp³-hybridized carbons (Fsp3) is 0.370. The lowest BCUT2D eigenvalue weighted by Gasteiger charge is -2.24. The van der Waals surface area contributed by atoms with Gasteiger partial charge in [-0.25, -0.2) is 0 Å². The summed E-state index contributed by atoms with van der Waals surface area (Å²) in [5.41, 5.74) is 13.3. The number of amides is 1. The smallest absolute Gasteiger partial charge is 0.251 e. The third-order valence-electron chi connectivity index (χ3n) is 6.66. The van der Waals surface area contributed by atoms with Crippen LogP contribution >= 0.6 is 0 Å². The maximum absolute atomic E-state index is 12.5. The molecule has 0 radical (unpaired) electrons. The van der Waals surface area contributed by atoms with E-state index in [0.717, 1.165) is 29.8 Å². The normalized spacial score (nSPS) is 14.7. The Hall–Kier alpha value is -2.81. The molecule has 1 fully saturated rings. The molecular formula is C27H32N2O. The third-order valence-corrected chi connectivity index (χ3v) is 6.66. The Balaban J connectivity index is 1.76. The molecule has 1 aliphatic carbocycles. The van der Waals surface area contributed by atoms with E-state index in [1.807, 2.05) is 6.07 Å². The summed E-state index contributed by atoms with van der Waals surface area (Å²) in [4.78, 5) is 12.5. The number of rotatable bonds is 6. The van der Waals surface area contributed by atoms with Crippen molar-refractivity contribution in [3.05, 3.63) is 71.5 Å². The van der Waals surface area contributed by atoms with Gasteiger partial charge in [0.25, 0.3) is 5.91 Å². The van der Waals surface area contributed by atoms with Gasteiger partial charge in [0.2, 0.25) is 0 Å². The van der Waals surface area contributed by atoms with Crippen LogP contribution in [0.5, 0.6) is 0 Å². The Morgan fingerprint density at radius 3 is 2.13 bits per heavy atom. The molecule has 30 heavy (non-hydrogen) atoms. The van der Waals surface area contributed by atoms with Gasteiger partial charge in [-0.15, -0.1) is 0 Å². The van der Waals surface area contributed by atoms with Crippen LogP contribution in [0.1, 0.15) is 60.8 Å². The molecule has 1 aromatic heterocycles. The first-order valence-electron chi connectivity index (χ1n) is 11.3. The topological polar surface area (TPSA) is 48.0 Å². The highest BCUT2D eigenvalue weighted by atomic mass is 16.1. The molecule has 3 nitrogen and oxygen atoms in total. The Labute approximate surface area is 179 Å². The van der Waals surface area contributed by atoms with E-state index in [1.165, 1.54) is 48.9 Å². The Morgan fingerprint density at radius 1 is 0.933 bits per heavy atom. The van der Waals surface area contributed by atoms with Gasteiger partial charge in [0.15, 0.2) is 0 Å². The van der Waals surface area contributed by atoms with E-state index in [2.05, 4.69) is 66.9 Å². The minimum Gasteiger partial charge on any atom is -0.366 e. The van der Waals surface area contributed by atoms with E-state index in [4.69, 9.17) is 5.73 Å². The molecule has 1 heterocycles. The lowest BCUT2D eigenvalue weighted by Crippen LogP contribution is -2.17. The predicted molar refractivity (Wildman–Crippen MR) is 125 cm³/mol. The van der Waals surface area contributed by atoms with E-state index in [1.54, 1.807) is 0 Å². The molecule has 0 unspecified atom stereocenters. The van der Waals surface area contributed by atoms with Crippen molar-refractivity contribution >= 4 is 5.91 Å². The summed E-state index contributed by atoms with van der Waals surface area (Å²) in [7, 11) is 0. The number of nitrogens with two attached hydrogens (primary N) is 1. The van der Waals surface area contributed by atoms with E-state index < -0.39 is 0 Å². The molecular weight excluding hydrogens is 368 g/mol. The zero-order valence-corrected chi connectivity index (χ0v) is 18.2. The monoisotopic (exact) mass is 400 g/mol. The van der Waals surface area contributed by atoms with Gasteiger partial charge in [0.05, 0.1) is 5.56 Å². The van der Waals surface area contributed by atoms with Gasteiger partial charge in [-0.3, -0.25) is 4.79 Å². The summed E-state index contributed by atoms with van der Waals surface area (Å²) in [5.74, 6) is 0.371. The number of nitrogens with zero attached hydrogens (tertiary/aromatic N) is 1. The largest absolute Gasteiger partial charge is 0.366 e. The molecule has 1 saturated carbocycles. The Bertz CT molecular complexity index is 1010. The lowest BCUT2D eigenvalue weighted by molar-refractivity contribution is 0.1000. The number of primary amides is 1.